The van der Waals surface area contributed by atoms with E-state index in [9.17, 15) is 9.59 Å². The minimum absolute atomic E-state index is 0.0863. The van der Waals surface area contributed by atoms with Gasteiger partial charge in [-0.3, -0.25) is 4.79 Å². The molecule has 1 saturated carbocycles. The van der Waals surface area contributed by atoms with Gasteiger partial charge >= 0.3 is 6.09 Å². The molecule has 2 rings (SSSR count). The highest BCUT2D eigenvalue weighted by molar-refractivity contribution is 5.85. The van der Waals surface area contributed by atoms with Crippen molar-refractivity contribution in [1.29, 1.82) is 0 Å². The lowest BCUT2D eigenvalue weighted by Gasteiger charge is -2.21. The molecule has 0 radical (unpaired) electrons. The fourth-order valence-corrected chi connectivity index (χ4v) is 2.94. The molecule has 90 valence electrons. The van der Waals surface area contributed by atoms with Crippen molar-refractivity contribution in [2.24, 2.45) is 11.8 Å². The smallest absolute Gasteiger partial charge is 0.405 e. The minimum Gasteiger partial charge on any atom is -0.465 e. The second-order valence-electron chi connectivity index (χ2n) is 4.87. The lowest BCUT2D eigenvalue weighted by atomic mass is 10.0. The standard InChI is InChI=1S/C11H18N2O3/c1-7(12-11(15)16)10(14)13-5-8-3-2-4-9(8)6-13/h7-9,12H,2-6H2,1H3,(H,15,16)/t7-,8?,9?/m1/s1. The van der Waals surface area contributed by atoms with E-state index in [1.807, 2.05) is 4.90 Å². The average Bonchev–Trinajstić information content (AvgIpc) is 2.74. The summed E-state index contributed by atoms with van der Waals surface area (Å²) in [5, 5.41) is 10.8. The van der Waals surface area contributed by atoms with Crippen molar-refractivity contribution < 1.29 is 14.7 Å². The molecule has 1 aliphatic carbocycles. The first-order valence-electron chi connectivity index (χ1n) is 5.86. The van der Waals surface area contributed by atoms with Crippen LogP contribution in [0.1, 0.15) is 26.2 Å². The van der Waals surface area contributed by atoms with E-state index in [0.717, 1.165) is 13.1 Å². The van der Waals surface area contributed by atoms with Gasteiger partial charge in [0.25, 0.3) is 0 Å². The molecule has 5 nitrogen and oxygen atoms in total. The van der Waals surface area contributed by atoms with Gasteiger partial charge in [-0.25, -0.2) is 4.79 Å². The molecule has 2 fully saturated rings. The van der Waals surface area contributed by atoms with Crippen LogP contribution in [-0.4, -0.2) is 41.1 Å². The Morgan fingerprint density at radius 3 is 2.38 bits per heavy atom. The normalized spacial score (nSPS) is 29.9. The van der Waals surface area contributed by atoms with Crippen LogP contribution in [0.5, 0.6) is 0 Å². The maximum atomic E-state index is 11.9. The van der Waals surface area contributed by atoms with Gasteiger partial charge in [-0.05, 0) is 31.6 Å². The topological polar surface area (TPSA) is 69.6 Å². The predicted molar refractivity (Wildman–Crippen MR) is 58.0 cm³/mol. The summed E-state index contributed by atoms with van der Waals surface area (Å²) in [5.41, 5.74) is 0. The third kappa shape index (κ3) is 2.13. The zero-order valence-corrected chi connectivity index (χ0v) is 9.48. The van der Waals surface area contributed by atoms with E-state index in [0.29, 0.717) is 11.8 Å². The molecule has 5 heteroatoms. The van der Waals surface area contributed by atoms with E-state index in [-0.39, 0.29) is 5.91 Å². The van der Waals surface area contributed by atoms with Crippen molar-refractivity contribution in [1.82, 2.24) is 10.2 Å². The number of carboxylic acid groups (broad SMARTS) is 1. The van der Waals surface area contributed by atoms with Gasteiger partial charge in [0.15, 0.2) is 0 Å². The largest absolute Gasteiger partial charge is 0.465 e. The van der Waals surface area contributed by atoms with E-state index in [1.54, 1.807) is 6.92 Å². The average molecular weight is 226 g/mol. The Morgan fingerprint density at radius 2 is 1.88 bits per heavy atom. The Kier molecular flexibility index (Phi) is 3.03. The zero-order chi connectivity index (χ0) is 11.7. The van der Waals surface area contributed by atoms with Crippen molar-refractivity contribution >= 4 is 12.0 Å². The Morgan fingerprint density at radius 1 is 1.31 bits per heavy atom. The number of hydrogen-bond donors (Lipinski definition) is 2. The molecular weight excluding hydrogens is 208 g/mol. The fourth-order valence-electron chi connectivity index (χ4n) is 2.94. The molecular formula is C11H18N2O3. The first-order valence-corrected chi connectivity index (χ1v) is 5.86. The summed E-state index contributed by atoms with van der Waals surface area (Å²) in [6.45, 7) is 3.23. The molecule has 2 unspecified atom stereocenters. The first-order chi connectivity index (χ1) is 7.58. The van der Waals surface area contributed by atoms with Gasteiger partial charge in [0.05, 0.1) is 0 Å². The molecule has 0 spiro atoms. The Balaban J connectivity index is 1.89. The Bertz CT molecular complexity index is 294. The van der Waals surface area contributed by atoms with E-state index in [4.69, 9.17) is 5.11 Å². The maximum absolute atomic E-state index is 11.9. The highest BCUT2D eigenvalue weighted by Gasteiger charge is 2.39. The van der Waals surface area contributed by atoms with Crippen LogP contribution in [0.3, 0.4) is 0 Å². The van der Waals surface area contributed by atoms with E-state index >= 15 is 0 Å². The van der Waals surface area contributed by atoms with Gasteiger partial charge in [0.1, 0.15) is 6.04 Å². The number of nitrogens with zero attached hydrogens (tertiary/aromatic N) is 1. The van der Waals surface area contributed by atoms with Crippen LogP contribution in [0.15, 0.2) is 0 Å². The number of fused-ring (bicyclic) bond motifs is 1. The maximum Gasteiger partial charge on any atom is 0.405 e. The van der Waals surface area contributed by atoms with Gasteiger partial charge in [-0.15, -0.1) is 0 Å². The van der Waals surface area contributed by atoms with Crippen molar-refractivity contribution in [2.45, 2.75) is 32.2 Å². The molecule has 1 aliphatic heterocycles. The molecule has 2 N–H and O–H groups in total. The summed E-state index contributed by atoms with van der Waals surface area (Å²) in [5.74, 6) is 1.22. The van der Waals surface area contributed by atoms with Gasteiger partial charge in [-0.1, -0.05) is 6.42 Å². The SMILES string of the molecule is C[C@@H](NC(=O)O)C(=O)N1CC2CCCC2C1. The second-order valence-corrected chi connectivity index (χ2v) is 4.87. The molecule has 1 saturated heterocycles. The molecule has 2 amide bonds. The van der Waals surface area contributed by atoms with Crippen molar-refractivity contribution in [3.63, 3.8) is 0 Å². The van der Waals surface area contributed by atoms with Crippen molar-refractivity contribution in [3.05, 3.63) is 0 Å². The first kappa shape index (κ1) is 11.2. The highest BCUT2D eigenvalue weighted by Crippen LogP contribution is 2.37. The van der Waals surface area contributed by atoms with Crippen LogP contribution in [0, 0.1) is 11.8 Å². The summed E-state index contributed by atoms with van der Waals surface area (Å²) in [4.78, 5) is 24.2. The lowest BCUT2D eigenvalue weighted by molar-refractivity contribution is -0.132. The van der Waals surface area contributed by atoms with Crippen LogP contribution >= 0.6 is 0 Å². The van der Waals surface area contributed by atoms with Crippen molar-refractivity contribution in [3.8, 4) is 0 Å². The molecule has 0 aromatic rings. The summed E-state index contributed by atoms with van der Waals surface area (Å²) in [6.07, 6.45) is 2.57. The lowest BCUT2D eigenvalue weighted by Crippen LogP contribution is -2.46. The number of carbonyl (C=O) groups excluding carboxylic acids is 1. The van der Waals surface area contributed by atoms with Crippen LogP contribution in [0.4, 0.5) is 4.79 Å². The molecule has 2 aliphatic rings. The third-order valence-electron chi connectivity index (χ3n) is 3.75. The summed E-state index contributed by atoms with van der Waals surface area (Å²) in [7, 11) is 0. The molecule has 0 bridgehead atoms. The predicted octanol–water partition coefficient (Wildman–Crippen LogP) is 0.901. The number of hydrogen-bond acceptors (Lipinski definition) is 2. The quantitative estimate of drug-likeness (QED) is 0.735. The summed E-state index contributed by atoms with van der Waals surface area (Å²) < 4.78 is 0. The van der Waals surface area contributed by atoms with Gasteiger partial charge < -0.3 is 15.3 Å². The Labute approximate surface area is 94.8 Å². The number of amides is 2. The van der Waals surface area contributed by atoms with Crippen LogP contribution in [-0.2, 0) is 4.79 Å². The molecule has 16 heavy (non-hydrogen) atoms. The second kappa shape index (κ2) is 4.31. The number of carbonyl (C=O) groups is 2. The minimum atomic E-state index is -1.14. The molecule has 1 heterocycles. The molecule has 0 aromatic heterocycles. The summed E-state index contributed by atoms with van der Waals surface area (Å²) in [6, 6.07) is -0.628. The number of nitrogens with one attached hydrogen (secondary N) is 1. The van der Waals surface area contributed by atoms with Gasteiger partial charge in [0, 0.05) is 13.1 Å². The zero-order valence-electron chi connectivity index (χ0n) is 9.48. The van der Waals surface area contributed by atoms with Gasteiger partial charge in [0.2, 0.25) is 5.91 Å². The van der Waals surface area contributed by atoms with E-state index < -0.39 is 12.1 Å². The van der Waals surface area contributed by atoms with E-state index in [2.05, 4.69) is 5.32 Å². The Hall–Kier alpha value is -1.26. The third-order valence-corrected chi connectivity index (χ3v) is 3.75. The number of likely N-dealkylation sites (tertiary alicyclic amines) is 1. The fraction of sp³-hybridized carbons (Fsp3) is 0.818. The number of rotatable bonds is 2. The van der Waals surface area contributed by atoms with Crippen LogP contribution < -0.4 is 5.32 Å². The van der Waals surface area contributed by atoms with Gasteiger partial charge in [-0.2, -0.15) is 0 Å². The van der Waals surface area contributed by atoms with E-state index in [1.165, 1.54) is 19.3 Å². The van der Waals surface area contributed by atoms with Crippen molar-refractivity contribution in [2.75, 3.05) is 13.1 Å². The van der Waals surface area contributed by atoms with Crippen LogP contribution in [0.25, 0.3) is 0 Å². The highest BCUT2D eigenvalue weighted by atomic mass is 16.4. The molecule has 0 aromatic carbocycles. The monoisotopic (exact) mass is 226 g/mol. The van der Waals surface area contributed by atoms with Crippen LogP contribution in [0.2, 0.25) is 0 Å². The summed E-state index contributed by atoms with van der Waals surface area (Å²) >= 11 is 0. The molecule has 3 atom stereocenters.